The van der Waals surface area contributed by atoms with Crippen molar-refractivity contribution < 1.29 is 13.2 Å². The SMILES string of the molecule is CCN(CC)S(=O)(=O)c1ccccc1C=O. The first kappa shape index (κ1) is 12.9. The zero-order valence-corrected chi connectivity index (χ0v) is 10.2. The number of carbonyl (C=O) groups is 1. The predicted octanol–water partition coefficient (Wildman–Crippen LogP) is 1.53. The van der Waals surface area contributed by atoms with E-state index in [1.165, 1.54) is 16.4 Å². The number of hydrogen-bond donors (Lipinski definition) is 0. The van der Waals surface area contributed by atoms with Crippen LogP contribution in [0.5, 0.6) is 0 Å². The largest absolute Gasteiger partial charge is 0.298 e. The summed E-state index contributed by atoms with van der Waals surface area (Å²) < 4.78 is 25.6. The van der Waals surface area contributed by atoms with Crippen LogP contribution in [-0.2, 0) is 10.0 Å². The smallest absolute Gasteiger partial charge is 0.243 e. The minimum Gasteiger partial charge on any atom is -0.298 e. The summed E-state index contributed by atoms with van der Waals surface area (Å²) in [4.78, 5) is 10.9. The van der Waals surface area contributed by atoms with Gasteiger partial charge in [-0.25, -0.2) is 8.42 Å². The topological polar surface area (TPSA) is 54.5 Å². The van der Waals surface area contributed by atoms with E-state index in [-0.39, 0.29) is 10.5 Å². The van der Waals surface area contributed by atoms with Crippen LogP contribution in [0.3, 0.4) is 0 Å². The van der Waals surface area contributed by atoms with Crippen molar-refractivity contribution >= 4 is 16.3 Å². The van der Waals surface area contributed by atoms with Crippen molar-refractivity contribution in [2.45, 2.75) is 18.7 Å². The number of rotatable bonds is 5. The fourth-order valence-electron chi connectivity index (χ4n) is 1.52. The third kappa shape index (κ3) is 2.31. The molecule has 1 aromatic rings. The second-order valence-electron chi connectivity index (χ2n) is 3.25. The van der Waals surface area contributed by atoms with Crippen molar-refractivity contribution in [2.75, 3.05) is 13.1 Å². The van der Waals surface area contributed by atoms with Gasteiger partial charge in [-0.1, -0.05) is 32.0 Å². The van der Waals surface area contributed by atoms with E-state index in [0.717, 1.165) is 0 Å². The van der Waals surface area contributed by atoms with E-state index >= 15 is 0 Å². The molecule has 0 saturated carbocycles. The van der Waals surface area contributed by atoms with Crippen molar-refractivity contribution in [3.8, 4) is 0 Å². The van der Waals surface area contributed by atoms with Crippen LogP contribution in [0.2, 0.25) is 0 Å². The van der Waals surface area contributed by atoms with Gasteiger partial charge in [0, 0.05) is 18.7 Å². The quantitative estimate of drug-likeness (QED) is 0.735. The van der Waals surface area contributed by atoms with Crippen LogP contribution in [0.25, 0.3) is 0 Å². The minimum atomic E-state index is -3.54. The van der Waals surface area contributed by atoms with Gasteiger partial charge < -0.3 is 0 Å². The molecule has 4 nitrogen and oxygen atoms in total. The molecule has 0 unspecified atom stereocenters. The van der Waals surface area contributed by atoms with E-state index in [1.807, 2.05) is 0 Å². The van der Waals surface area contributed by atoms with Crippen molar-refractivity contribution in [3.05, 3.63) is 29.8 Å². The molecule has 0 saturated heterocycles. The maximum atomic E-state index is 12.1. The van der Waals surface area contributed by atoms with Crippen LogP contribution in [0.1, 0.15) is 24.2 Å². The van der Waals surface area contributed by atoms with Gasteiger partial charge in [-0.2, -0.15) is 4.31 Å². The highest BCUT2D eigenvalue weighted by Gasteiger charge is 2.23. The molecule has 0 radical (unpaired) electrons. The summed E-state index contributed by atoms with van der Waals surface area (Å²) in [5.74, 6) is 0. The molecule has 88 valence electrons. The van der Waals surface area contributed by atoms with E-state index in [4.69, 9.17) is 0 Å². The van der Waals surface area contributed by atoms with Crippen molar-refractivity contribution in [1.29, 1.82) is 0 Å². The normalized spacial score (nSPS) is 11.7. The van der Waals surface area contributed by atoms with Gasteiger partial charge in [-0.15, -0.1) is 0 Å². The average molecular weight is 241 g/mol. The molecule has 0 aliphatic carbocycles. The molecule has 1 rings (SSSR count). The lowest BCUT2D eigenvalue weighted by Gasteiger charge is -2.19. The Bertz CT molecular complexity index is 464. The lowest BCUT2D eigenvalue weighted by atomic mass is 10.2. The predicted molar refractivity (Wildman–Crippen MR) is 61.9 cm³/mol. The fraction of sp³-hybridized carbons (Fsp3) is 0.364. The molecule has 0 heterocycles. The molecular formula is C11H15NO3S. The molecule has 0 aromatic heterocycles. The van der Waals surface area contributed by atoms with Crippen LogP contribution < -0.4 is 0 Å². The van der Waals surface area contributed by atoms with Crippen molar-refractivity contribution in [2.24, 2.45) is 0 Å². The van der Waals surface area contributed by atoms with E-state index < -0.39 is 10.0 Å². The fourth-order valence-corrected chi connectivity index (χ4v) is 3.14. The number of nitrogens with zero attached hydrogens (tertiary/aromatic N) is 1. The Morgan fingerprint density at radius 3 is 2.25 bits per heavy atom. The highest BCUT2D eigenvalue weighted by molar-refractivity contribution is 7.89. The van der Waals surface area contributed by atoms with Gasteiger partial charge in [0.2, 0.25) is 10.0 Å². The molecule has 1 aromatic carbocycles. The van der Waals surface area contributed by atoms with Crippen LogP contribution in [-0.4, -0.2) is 32.1 Å². The Hall–Kier alpha value is -1.20. The Labute approximate surface area is 95.9 Å². The van der Waals surface area contributed by atoms with Crippen LogP contribution in [0.4, 0.5) is 0 Å². The average Bonchev–Trinajstić information content (AvgIpc) is 2.30. The summed E-state index contributed by atoms with van der Waals surface area (Å²) in [6.45, 7) is 4.33. The molecule has 0 aliphatic rings. The molecule has 0 fully saturated rings. The molecule has 16 heavy (non-hydrogen) atoms. The number of carbonyl (C=O) groups excluding carboxylic acids is 1. The molecule has 0 spiro atoms. The Balaban J connectivity index is 3.31. The molecule has 0 aliphatic heterocycles. The number of benzene rings is 1. The van der Waals surface area contributed by atoms with Gasteiger partial charge in [-0.3, -0.25) is 4.79 Å². The van der Waals surface area contributed by atoms with Gasteiger partial charge in [0.1, 0.15) is 0 Å². The van der Waals surface area contributed by atoms with Crippen molar-refractivity contribution in [3.63, 3.8) is 0 Å². The van der Waals surface area contributed by atoms with E-state index in [0.29, 0.717) is 19.4 Å². The van der Waals surface area contributed by atoms with Crippen LogP contribution >= 0.6 is 0 Å². The molecule has 0 N–H and O–H groups in total. The van der Waals surface area contributed by atoms with Gasteiger partial charge >= 0.3 is 0 Å². The number of hydrogen-bond acceptors (Lipinski definition) is 3. The third-order valence-electron chi connectivity index (χ3n) is 2.37. The van der Waals surface area contributed by atoms with E-state index in [1.54, 1.807) is 26.0 Å². The summed E-state index contributed by atoms with van der Waals surface area (Å²) in [5.41, 5.74) is 0.203. The van der Waals surface area contributed by atoms with Crippen LogP contribution in [0.15, 0.2) is 29.2 Å². The lowest BCUT2D eigenvalue weighted by Crippen LogP contribution is -2.31. The van der Waals surface area contributed by atoms with Crippen molar-refractivity contribution in [1.82, 2.24) is 4.31 Å². The zero-order valence-electron chi connectivity index (χ0n) is 9.38. The van der Waals surface area contributed by atoms with E-state index in [9.17, 15) is 13.2 Å². The molecule has 0 bridgehead atoms. The third-order valence-corrected chi connectivity index (χ3v) is 4.49. The van der Waals surface area contributed by atoms with Gasteiger partial charge in [-0.05, 0) is 6.07 Å². The first-order chi connectivity index (χ1) is 7.57. The Morgan fingerprint density at radius 1 is 1.19 bits per heavy atom. The lowest BCUT2D eigenvalue weighted by molar-refractivity contribution is 0.112. The minimum absolute atomic E-state index is 0.0775. The molecule has 5 heteroatoms. The number of aldehydes is 1. The standard InChI is InChI=1S/C11H15NO3S/c1-3-12(4-2)16(14,15)11-8-6-5-7-10(11)9-13/h5-9H,3-4H2,1-2H3. The summed E-state index contributed by atoms with van der Waals surface area (Å²) in [6, 6.07) is 6.22. The molecule has 0 amide bonds. The first-order valence-electron chi connectivity index (χ1n) is 5.12. The summed E-state index contributed by atoms with van der Waals surface area (Å²) in [7, 11) is -3.54. The van der Waals surface area contributed by atoms with E-state index in [2.05, 4.69) is 0 Å². The maximum Gasteiger partial charge on any atom is 0.243 e. The summed E-state index contributed by atoms with van der Waals surface area (Å²) in [6.07, 6.45) is 0.566. The highest BCUT2D eigenvalue weighted by Crippen LogP contribution is 2.18. The van der Waals surface area contributed by atoms with Gasteiger partial charge in [0.25, 0.3) is 0 Å². The zero-order chi connectivity index (χ0) is 12.2. The summed E-state index contributed by atoms with van der Waals surface area (Å²) in [5, 5.41) is 0. The second kappa shape index (κ2) is 5.23. The Kier molecular flexibility index (Phi) is 4.20. The Morgan fingerprint density at radius 2 is 1.75 bits per heavy atom. The second-order valence-corrected chi connectivity index (χ2v) is 5.15. The summed E-state index contributed by atoms with van der Waals surface area (Å²) >= 11 is 0. The van der Waals surface area contributed by atoms with Crippen LogP contribution in [0, 0.1) is 0 Å². The molecule has 0 atom stereocenters. The molecular weight excluding hydrogens is 226 g/mol. The maximum absolute atomic E-state index is 12.1. The number of sulfonamides is 1. The first-order valence-corrected chi connectivity index (χ1v) is 6.56. The van der Waals surface area contributed by atoms with Gasteiger partial charge in [0.15, 0.2) is 6.29 Å². The van der Waals surface area contributed by atoms with Gasteiger partial charge in [0.05, 0.1) is 4.90 Å². The highest BCUT2D eigenvalue weighted by atomic mass is 32.2. The monoisotopic (exact) mass is 241 g/mol.